The molecule has 16 nitrogen and oxygen atoms in total. The van der Waals surface area contributed by atoms with Crippen molar-refractivity contribution in [2.45, 2.75) is 43.8 Å². The Labute approximate surface area is 253 Å². The van der Waals surface area contributed by atoms with E-state index in [0.717, 1.165) is 0 Å². The summed E-state index contributed by atoms with van der Waals surface area (Å²) in [5, 5.41) is 38.6. The van der Waals surface area contributed by atoms with Crippen molar-refractivity contribution in [3.63, 3.8) is 0 Å². The molecule has 2 aromatic heterocycles. The second-order valence-electron chi connectivity index (χ2n) is 9.68. The summed E-state index contributed by atoms with van der Waals surface area (Å²) in [5.74, 6) is -0.482. The fraction of sp³-hybridized carbons (Fsp3) is 0.481. The maximum atomic E-state index is 14.0. The number of nitrogen functional groups attached to an aromatic ring is 1. The van der Waals surface area contributed by atoms with Gasteiger partial charge in [-0.25, -0.2) is 14.1 Å². The third kappa shape index (κ3) is 7.70. The van der Waals surface area contributed by atoms with Crippen LogP contribution in [0.15, 0.2) is 48.8 Å². The summed E-state index contributed by atoms with van der Waals surface area (Å²) in [7, 11) is -4.45. The van der Waals surface area contributed by atoms with Crippen LogP contribution in [0.1, 0.15) is 25.6 Å². The Kier molecular flexibility index (Phi) is 11.2. The number of benzene rings is 1. The molecule has 0 bridgehead atoms. The molecule has 0 amide bonds. The van der Waals surface area contributed by atoms with Crippen LogP contribution in [0, 0.1) is 11.3 Å². The lowest BCUT2D eigenvalue weighted by Gasteiger charge is -2.28. The number of ether oxygens (including phenoxy) is 4. The summed E-state index contributed by atoms with van der Waals surface area (Å²) in [6, 6.07) is 11.8. The Bertz CT molecular complexity index is 1490. The van der Waals surface area contributed by atoms with E-state index >= 15 is 0 Å². The highest BCUT2D eigenvalue weighted by Gasteiger charge is 2.57. The first kappa shape index (κ1) is 33.2. The number of nitrogens with one attached hydrogen (secondary N) is 1. The van der Waals surface area contributed by atoms with Gasteiger partial charge in [-0.05, 0) is 38.1 Å². The molecule has 1 unspecified atom stereocenters. The summed E-state index contributed by atoms with van der Waals surface area (Å²) >= 11 is 0. The SMILES string of the molecule is CCOCCOCCOC(=O)[C@H](C)NP(=O)(OC[C@@]1(C#N)O[C@@H](c2ccc3c(N)ncnn23)[C@H](O)[C@@H]1O)Oc1ccccc1. The number of aromatic nitrogens is 3. The monoisotopic (exact) mass is 634 g/mol. The normalized spacial score (nSPS) is 23.6. The molecule has 238 valence electrons. The summed E-state index contributed by atoms with van der Waals surface area (Å²) in [6.07, 6.45) is -3.47. The first-order valence-electron chi connectivity index (χ1n) is 13.8. The summed E-state index contributed by atoms with van der Waals surface area (Å²) in [4.78, 5) is 16.5. The molecule has 1 saturated heterocycles. The minimum Gasteiger partial charge on any atom is -0.462 e. The van der Waals surface area contributed by atoms with Gasteiger partial charge in [0.15, 0.2) is 5.82 Å². The quantitative estimate of drug-likeness (QED) is 0.0985. The standard InChI is InChI=1S/C27H35N6O10P/c1-3-38-11-12-39-13-14-40-26(36)18(2)32-44(37,43-19-7-5-4-6-8-19)41-16-27(15-28)24(35)22(34)23(42-27)20-9-10-21-25(29)30-17-31-33(20)21/h4-10,17-18,22-24,34-35H,3,11-14,16H2,1-2H3,(H,32,37)(H2,29,30,31)/t18-,22-,23-,24-,27+,44?/m0/s1. The molecule has 4 rings (SSSR count). The summed E-state index contributed by atoms with van der Waals surface area (Å²) < 4.78 is 48.1. The number of hydrogen-bond donors (Lipinski definition) is 4. The van der Waals surface area contributed by atoms with Crippen LogP contribution in [0.2, 0.25) is 0 Å². The van der Waals surface area contributed by atoms with Gasteiger partial charge < -0.3 is 39.4 Å². The highest BCUT2D eigenvalue weighted by Crippen LogP contribution is 2.48. The van der Waals surface area contributed by atoms with Crippen molar-refractivity contribution in [3.8, 4) is 11.8 Å². The molecule has 3 aromatic rings. The highest BCUT2D eigenvalue weighted by atomic mass is 31.2. The molecule has 6 atom stereocenters. The fourth-order valence-electron chi connectivity index (χ4n) is 4.35. The van der Waals surface area contributed by atoms with Gasteiger partial charge in [0.05, 0.1) is 25.5 Å². The van der Waals surface area contributed by atoms with E-state index in [1.807, 2.05) is 13.0 Å². The number of carbonyl (C=O) groups excluding carboxylic acids is 1. The van der Waals surface area contributed by atoms with Gasteiger partial charge in [0, 0.05) is 6.61 Å². The molecule has 5 N–H and O–H groups in total. The number of carbonyl (C=O) groups is 1. The number of fused-ring (bicyclic) bond motifs is 1. The average molecular weight is 635 g/mol. The van der Waals surface area contributed by atoms with Gasteiger partial charge >= 0.3 is 13.7 Å². The Morgan fingerprint density at radius 3 is 2.66 bits per heavy atom. The number of esters is 1. The van der Waals surface area contributed by atoms with Gasteiger partial charge in [-0.3, -0.25) is 9.32 Å². The van der Waals surface area contributed by atoms with Crippen molar-refractivity contribution in [3.05, 3.63) is 54.5 Å². The van der Waals surface area contributed by atoms with Crippen molar-refractivity contribution in [1.29, 1.82) is 5.26 Å². The van der Waals surface area contributed by atoms with Crippen molar-refractivity contribution in [2.75, 3.05) is 45.4 Å². The van der Waals surface area contributed by atoms with Gasteiger partial charge in [-0.2, -0.15) is 15.4 Å². The van der Waals surface area contributed by atoms with E-state index in [-0.39, 0.29) is 30.5 Å². The number of nitrogens with zero attached hydrogens (tertiary/aromatic N) is 4. The number of nitriles is 1. The second-order valence-corrected chi connectivity index (χ2v) is 11.4. The smallest absolute Gasteiger partial charge is 0.459 e. The minimum absolute atomic E-state index is 0.0660. The van der Waals surface area contributed by atoms with Crippen LogP contribution in [0.5, 0.6) is 5.75 Å². The molecule has 1 aromatic carbocycles. The van der Waals surface area contributed by atoms with Crippen LogP contribution in [0.25, 0.3) is 5.52 Å². The van der Waals surface area contributed by atoms with Crippen molar-refractivity contribution >= 4 is 25.1 Å². The summed E-state index contributed by atoms with van der Waals surface area (Å²) in [6.45, 7) is 3.78. The predicted molar refractivity (Wildman–Crippen MR) is 153 cm³/mol. The molecule has 1 aliphatic rings. The predicted octanol–water partition coefficient (Wildman–Crippen LogP) is 1.15. The van der Waals surface area contributed by atoms with E-state index in [9.17, 15) is 24.8 Å². The molecule has 44 heavy (non-hydrogen) atoms. The molecular weight excluding hydrogens is 599 g/mol. The lowest BCUT2D eigenvalue weighted by molar-refractivity contribution is -0.147. The number of aliphatic hydroxyl groups is 2. The van der Waals surface area contributed by atoms with Crippen molar-refractivity contribution < 1.29 is 47.6 Å². The first-order valence-corrected chi connectivity index (χ1v) is 15.3. The first-order chi connectivity index (χ1) is 21.1. The molecule has 0 radical (unpaired) electrons. The topological polar surface area (TPSA) is 222 Å². The Morgan fingerprint density at radius 1 is 1.20 bits per heavy atom. The zero-order valence-electron chi connectivity index (χ0n) is 24.1. The molecule has 1 aliphatic heterocycles. The zero-order chi connectivity index (χ0) is 31.7. The highest BCUT2D eigenvalue weighted by molar-refractivity contribution is 7.52. The Hall–Kier alpha value is -3.65. The van der Waals surface area contributed by atoms with E-state index in [1.165, 1.54) is 29.9 Å². The maximum absolute atomic E-state index is 14.0. The molecule has 0 aliphatic carbocycles. The number of rotatable bonds is 16. The molecule has 3 heterocycles. The largest absolute Gasteiger partial charge is 0.462 e. The van der Waals surface area contributed by atoms with Crippen LogP contribution in [-0.2, 0) is 32.8 Å². The van der Waals surface area contributed by atoms with E-state index < -0.39 is 50.3 Å². The van der Waals surface area contributed by atoms with E-state index in [2.05, 4.69) is 15.2 Å². The van der Waals surface area contributed by atoms with Crippen LogP contribution < -0.4 is 15.3 Å². The van der Waals surface area contributed by atoms with E-state index in [0.29, 0.717) is 25.3 Å². The number of aliphatic hydroxyl groups excluding tert-OH is 2. The lowest BCUT2D eigenvalue weighted by Crippen LogP contribution is -2.46. The summed E-state index contributed by atoms with van der Waals surface area (Å²) in [5.41, 5.74) is 4.39. The molecular formula is C27H35N6O10P. The minimum atomic E-state index is -4.45. The van der Waals surface area contributed by atoms with Crippen LogP contribution >= 0.6 is 7.75 Å². The third-order valence-corrected chi connectivity index (χ3v) is 8.24. The van der Waals surface area contributed by atoms with E-state index in [4.69, 9.17) is 33.7 Å². The Balaban J connectivity index is 1.47. The Morgan fingerprint density at radius 2 is 1.93 bits per heavy atom. The average Bonchev–Trinajstić information content (AvgIpc) is 3.55. The van der Waals surface area contributed by atoms with Gasteiger partial charge in [0.1, 0.15) is 61.2 Å². The van der Waals surface area contributed by atoms with Gasteiger partial charge in [0.25, 0.3) is 0 Å². The van der Waals surface area contributed by atoms with Crippen molar-refractivity contribution in [1.82, 2.24) is 19.7 Å². The second kappa shape index (κ2) is 14.9. The van der Waals surface area contributed by atoms with Crippen molar-refractivity contribution in [2.24, 2.45) is 0 Å². The zero-order valence-corrected chi connectivity index (χ0v) is 25.0. The molecule has 0 spiro atoms. The lowest BCUT2D eigenvalue weighted by atomic mass is 9.96. The van der Waals surface area contributed by atoms with Crippen LogP contribution in [-0.4, -0.2) is 94.3 Å². The maximum Gasteiger partial charge on any atom is 0.459 e. The van der Waals surface area contributed by atoms with Crippen LogP contribution in [0.3, 0.4) is 0 Å². The number of para-hydroxylation sites is 1. The number of hydrogen-bond acceptors (Lipinski definition) is 14. The molecule has 1 fully saturated rings. The molecule has 17 heteroatoms. The van der Waals surface area contributed by atoms with Gasteiger partial charge in [-0.15, -0.1) is 0 Å². The van der Waals surface area contributed by atoms with E-state index in [1.54, 1.807) is 30.3 Å². The molecule has 0 saturated carbocycles. The number of nitrogens with two attached hydrogens (primary N) is 1. The van der Waals surface area contributed by atoms with Gasteiger partial charge in [-0.1, -0.05) is 18.2 Å². The third-order valence-electron chi connectivity index (χ3n) is 6.61. The fourth-order valence-corrected chi connectivity index (χ4v) is 5.87. The van der Waals surface area contributed by atoms with Crippen LogP contribution in [0.4, 0.5) is 5.82 Å². The van der Waals surface area contributed by atoms with Gasteiger partial charge in [0.2, 0.25) is 5.60 Å². The number of anilines is 1.